The molecule has 154 valence electrons. The van der Waals surface area contributed by atoms with E-state index in [4.69, 9.17) is 9.47 Å². The highest BCUT2D eigenvalue weighted by molar-refractivity contribution is 14.0. The van der Waals surface area contributed by atoms with Crippen LogP contribution >= 0.6 is 24.0 Å². The van der Waals surface area contributed by atoms with E-state index in [1.54, 1.807) is 14.2 Å². The van der Waals surface area contributed by atoms with Gasteiger partial charge in [-0.3, -0.25) is 4.99 Å². The summed E-state index contributed by atoms with van der Waals surface area (Å²) in [5, 5.41) is 6.61. The Balaban J connectivity index is 0.00000392. The van der Waals surface area contributed by atoms with Crippen molar-refractivity contribution in [1.29, 1.82) is 0 Å². The van der Waals surface area contributed by atoms with Crippen LogP contribution in [0.1, 0.15) is 37.1 Å². The molecule has 1 aromatic heterocycles. The van der Waals surface area contributed by atoms with Crippen LogP contribution in [0.25, 0.3) is 0 Å². The van der Waals surface area contributed by atoms with Gasteiger partial charge >= 0.3 is 0 Å². The van der Waals surface area contributed by atoms with Gasteiger partial charge in [-0.25, -0.2) is 4.98 Å². The Labute approximate surface area is 185 Å². The monoisotopic (exact) mass is 498 g/mol. The number of aromatic nitrogens is 1. The summed E-state index contributed by atoms with van der Waals surface area (Å²) in [7, 11) is 3.36. The lowest BCUT2D eigenvalue weighted by Gasteiger charge is -2.18. The number of halogens is 1. The molecule has 0 aliphatic heterocycles. The lowest BCUT2D eigenvalue weighted by molar-refractivity contribution is 0.215. The normalized spacial score (nSPS) is 12.0. The van der Waals surface area contributed by atoms with E-state index in [0.717, 1.165) is 23.4 Å². The highest BCUT2D eigenvalue weighted by Gasteiger charge is 2.09. The number of pyridine rings is 1. The quantitative estimate of drug-likeness (QED) is 0.327. The van der Waals surface area contributed by atoms with Crippen molar-refractivity contribution in [2.45, 2.75) is 46.4 Å². The first-order chi connectivity index (χ1) is 13.0. The molecule has 1 unspecified atom stereocenters. The summed E-state index contributed by atoms with van der Waals surface area (Å²) >= 11 is 0. The first kappa shape index (κ1) is 24.0. The minimum absolute atomic E-state index is 0. The zero-order valence-corrected chi connectivity index (χ0v) is 19.6. The Morgan fingerprint density at radius 2 is 1.93 bits per heavy atom. The van der Waals surface area contributed by atoms with Crippen molar-refractivity contribution in [3.63, 3.8) is 0 Å². The van der Waals surface area contributed by atoms with Gasteiger partial charge in [0, 0.05) is 25.2 Å². The van der Waals surface area contributed by atoms with Crippen LogP contribution in [0.4, 0.5) is 0 Å². The van der Waals surface area contributed by atoms with Crippen LogP contribution in [0.3, 0.4) is 0 Å². The third kappa shape index (κ3) is 7.53. The Morgan fingerprint density at radius 1 is 1.18 bits per heavy atom. The maximum atomic E-state index is 6.07. The summed E-state index contributed by atoms with van der Waals surface area (Å²) in [5.41, 5.74) is 3.17. The largest absolute Gasteiger partial charge is 0.490 e. The molecule has 6 nitrogen and oxygen atoms in total. The molecule has 0 saturated carbocycles. The van der Waals surface area contributed by atoms with Crippen molar-refractivity contribution >= 4 is 29.9 Å². The number of hydrogen-bond donors (Lipinski definition) is 2. The second kappa shape index (κ2) is 12.4. The van der Waals surface area contributed by atoms with Gasteiger partial charge in [-0.05, 0) is 38.0 Å². The summed E-state index contributed by atoms with van der Waals surface area (Å²) in [5.74, 6) is 2.22. The van der Waals surface area contributed by atoms with Gasteiger partial charge in [0.1, 0.15) is 5.75 Å². The minimum Gasteiger partial charge on any atom is -0.490 e. The molecule has 0 amide bonds. The third-order valence-corrected chi connectivity index (χ3v) is 4.22. The van der Waals surface area contributed by atoms with Gasteiger partial charge in [0.05, 0.1) is 25.5 Å². The molecule has 1 heterocycles. The number of aryl methyl sites for hydroxylation is 1. The third-order valence-electron chi connectivity index (χ3n) is 4.22. The first-order valence-electron chi connectivity index (χ1n) is 9.26. The molecular weight excluding hydrogens is 467 g/mol. The first-order valence-corrected chi connectivity index (χ1v) is 9.26. The number of benzene rings is 1. The lowest BCUT2D eigenvalue weighted by Crippen LogP contribution is -2.36. The van der Waals surface area contributed by atoms with E-state index in [-0.39, 0.29) is 30.1 Å². The van der Waals surface area contributed by atoms with E-state index in [2.05, 4.69) is 59.6 Å². The number of aliphatic imine (C=N–C) groups is 1. The van der Waals surface area contributed by atoms with E-state index in [1.165, 1.54) is 5.56 Å². The molecule has 0 radical (unpaired) electrons. The van der Waals surface area contributed by atoms with Crippen LogP contribution < -0.4 is 20.1 Å². The van der Waals surface area contributed by atoms with E-state index in [1.807, 2.05) is 18.2 Å². The molecule has 0 aliphatic rings. The predicted octanol–water partition coefficient (Wildman–Crippen LogP) is 4.06. The number of nitrogens with zero attached hydrogens (tertiary/aromatic N) is 2. The van der Waals surface area contributed by atoms with Gasteiger partial charge in [-0.15, -0.1) is 24.0 Å². The average molecular weight is 498 g/mol. The molecule has 0 spiro atoms. The lowest BCUT2D eigenvalue weighted by atomic mass is 10.1. The molecule has 0 fully saturated rings. The van der Waals surface area contributed by atoms with Crippen LogP contribution in [0.15, 0.2) is 41.4 Å². The Hall–Kier alpha value is -2.03. The van der Waals surface area contributed by atoms with Crippen LogP contribution in [0.5, 0.6) is 11.6 Å². The molecule has 2 rings (SSSR count). The maximum absolute atomic E-state index is 6.07. The van der Waals surface area contributed by atoms with Gasteiger partial charge in [-0.1, -0.05) is 25.1 Å². The molecule has 2 N–H and O–H groups in total. The summed E-state index contributed by atoms with van der Waals surface area (Å²) < 4.78 is 11.2. The molecular formula is C21H31IN4O2. The van der Waals surface area contributed by atoms with Crippen molar-refractivity contribution in [1.82, 2.24) is 15.6 Å². The number of nitrogens with one attached hydrogen (secondary N) is 2. The standard InChI is InChI=1S/C21H30N4O2.HI/c1-6-16(3)27-19-12-15(2)10-11-17(19)13-23-21(22-4)24-14-18-8-7-9-20(25-18)26-5;/h7-12,16H,6,13-14H2,1-5H3,(H2,22,23,24);1H. The highest BCUT2D eigenvalue weighted by Crippen LogP contribution is 2.22. The fourth-order valence-corrected chi connectivity index (χ4v) is 2.46. The van der Waals surface area contributed by atoms with E-state index in [0.29, 0.717) is 24.9 Å². The van der Waals surface area contributed by atoms with Crippen LogP contribution in [-0.4, -0.2) is 31.2 Å². The van der Waals surface area contributed by atoms with Crippen molar-refractivity contribution in [3.8, 4) is 11.6 Å². The molecule has 1 atom stereocenters. The van der Waals surface area contributed by atoms with Crippen LogP contribution in [0.2, 0.25) is 0 Å². The summed E-state index contributed by atoms with van der Waals surface area (Å²) in [4.78, 5) is 8.67. The second-order valence-corrected chi connectivity index (χ2v) is 6.40. The minimum atomic E-state index is 0. The van der Waals surface area contributed by atoms with E-state index >= 15 is 0 Å². The smallest absolute Gasteiger partial charge is 0.213 e. The van der Waals surface area contributed by atoms with E-state index < -0.39 is 0 Å². The predicted molar refractivity (Wildman–Crippen MR) is 125 cm³/mol. The maximum Gasteiger partial charge on any atom is 0.213 e. The second-order valence-electron chi connectivity index (χ2n) is 6.40. The zero-order valence-electron chi connectivity index (χ0n) is 17.3. The molecule has 7 heteroatoms. The van der Waals surface area contributed by atoms with Gasteiger partial charge in [0.15, 0.2) is 5.96 Å². The summed E-state index contributed by atoms with van der Waals surface area (Å²) in [6.07, 6.45) is 1.15. The number of rotatable bonds is 8. The molecule has 1 aromatic carbocycles. The number of methoxy groups -OCH3 is 1. The molecule has 0 saturated heterocycles. The van der Waals surface area contributed by atoms with Crippen molar-refractivity contribution in [2.24, 2.45) is 4.99 Å². The van der Waals surface area contributed by atoms with Crippen LogP contribution in [-0.2, 0) is 13.1 Å². The fourth-order valence-electron chi connectivity index (χ4n) is 2.46. The van der Waals surface area contributed by atoms with Crippen molar-refractivity contribution in [2.75, 3.05) is 14.2 Å². The summed E-state index contributed by atoms with van der Waals surface area (Å²) in [6, 6.07) is 12.0. The molecule has 0 bridgehead atoms. The zero-order chi connectivity index (χ0) is 19.6. The highest BCUT2D eigenvalue weighted by atomic mass is 127. The van der Waals surface area contributed by atoms with Gasteiger partial charge < -0.3 is 20.1 Å². The average Bonchev–Trinajstić information content (AvgIpc) is 2.69. The Bertz CT molecular complexity index is 768. The molecule has 28 heavy (non-hydrogen) atoms. The molecule has 0 aliphatic carbocycles. The van der Waals surface area contributed by atoms with Crippen molar-refractivity contribution in [3.05, 3.63) is 53.2 Å². The topological polar surface area (TPSA) is 67.8 Å². The number of guanidine groups is 1. The number of hydrogen-bond acceptors (Lipinski definition) is 4. The number of ether oxygens (including phenoxy) is 2. The van der Waals surface area contributed by atoms with Gasteiger partial charge in [0.2, 0.25) is 5.88 Å². The molecule has 2 aromatic rings. The Kier molecular flexibility index (Phi) is 10.7. The SMILES string of the molecule is CCC(C)Oc1cc(C)ccc1CNC(=NC)NCc1cccc(OC)n1.I. The fraction of sp³-hybridized carbons (Fsp3) is 0.429. The van der Waals surface area contributed by atoms with Gasteiger partial charge in [-0.2, -0.15) is 0 Å². The van der Waals surface area contributed by atoms with E-state index in [9.17, 15) is 0 Å². The summed E-state index contributed by atoms with van der Waals surface area (Å²) in [6.45, 7) is 7.46. The van der Waals surface area contributed by atoms with Gasteiger partial charge in [0.25, 0.3) is 0 Å². The van der Waals surface area contributed by atoms with Crippen LogP contribution in [0, 0.1) is 6.92 Å². The Morgan fingerprint density at radius 3 is 2.61 bits per heavy atom. The van der Waals surface area contributed by atoms with Crippen molar-refractivity contribution < 1.29 is 9.47 Å².